The van der Waals surface area contributed by atoms with E-state index in [1.165, 1.54) is 12.3 Å². The smallest absolute Gasteiger partial charge is 0.341 e. The highest BCUT2D eigenvalue weighted by atomic mass is 16.6. The minimum absolute atomic E-state index is 0.0284. The maximum absolute atomic E-state index is 12.6. The number of hydrogen-bond acceptors (Lipinski definition) is 6. The molecule has 0 bridgehead atoms. The van der Waals surface area contributed by atoms with Crippen LogP contribution < -0.4 is 14.9 Å². The largest absolute Gasteiger partial charge is 0.493 e. The lowest BCUT2D eigenvalue weighted by Crippen LogP contribution is -2.37. The SMILES string of the molecule is COCC(C)(C)[C@@H]1Cc2cc(O[C@@H]3CCOC3)c(OC)cc2-c2cc(=O)c(C(=O)O)cn21. The molecule has 0 aliphatic carbocycles. The summed E-state index contributed by atoms with van der Waals surface area (Å²) in [7, 11) is 3.22. The van der Waals surface area contributed by atoms with Crippen molar-refractivity contribution in [3.8, 4) is 22.8 Å². The second-order valence-corrected chi connectivity index (χ2v) is 9.05. The number of nitrogens with zero attached hydrogens (tertiary/aromatic N) is 1. The van der Waals surface area contributed by atoms with Gasteiger partial charge in [-0.25, -0.2) is 4.79 Å². The molecule has 172 valence electrons. The second-order valence-electron chi connectivity index (χ2n) is 9.05. The Morgan fingerprint density at radius 2 is 2.03 bits per heavy atom. The lowest BCUT2D eigenvalue weighted by molar-refractivity contribution is 0.0615. The van der Waals surface area contributed by atoms with Gasteiger partial charge in [0.2, 0.25) is 0 Å². The molecule has 32 heavy (non-hydrogen) atoms. The van der Waals surface area contributed by atoms with Gasteiger partial charge in [0, 0.05) is 42.8 Å². The Morgan fingerprint density at radius 3 is 2.66 bits per heavy atom. The molecule has 1 saturated heterocycles. The van der Waals surface area contributed by atoms with Crippen molar-refractivity contribution in [1.29, 1.82) is 0 Å². The third kappa shape index (κ3) is 4.00. The summed E-state index contributed by atoms with van der Waals surface area (Å²) >= 11 is 0. The van der Waals surface area contributed by atoms with Gasteiger partial charge < -0.3 is 28.6 Å². The minimum atomic E-state index is -1.24. The molecular weight excluding hydrogens is 414 g/mol. The Morgan fingerprint density at radius 1 is 1.25 bits per heavy atom. The van der Waals surface area contributed by atoms with Crippen molar-refractivity contribution in [2.24, 2.45) is 5.41 Å². The topological polar surface area (TPSA) is 96.2 Å². The van der Waals surface area contributed by atoms with Gasteiger partial charge in [-0.05, 0) is 24.1 Å². The Bertz CT molecular complexity index is 1080. The molecule has 4 rings (SSSR count). The van der Waals surface area contributed by atoms with E-state index in [0.29, 0.717) is 43.4 Å². The Hall–Kier alpha value is -2.84. The third-order valence-corrected chi connectivity index (χ3v) is 6.32. The van der Waals surface area contributed by atoms with Gasteiger partial charge in [0.05, 0.1) is 32.6 Å². The minimum Gasteiger partial charge on any atom is -0.493 e. The van der Waals surface area contributed by atoms with Crippen molar-refractivity contribution < 1.29 is 28.8 Å². The Balaban J connectivity index is 1.88. The van der Waals surface area contributed by atoms with E-state index in [1.807, 2.05) is 16.7 Å². The fourth-order valence-corrected chi connectivity index (χ4v) is 4.66. The predicted octanol–water partition coefficient (Wildman–Crippen LogP) is 3.16. The van der Waals surface area contributed by atoms with Gasteiger partial charge >= 0.3 is 5.97 Å². The van der Waals surface area contributed by atoms with E-state index in [1.54, 1.807) is 14.2 Å². The molecule has 1 N–H and O–H groups in total. The number of methoxy groups -OCH3 is 2. The van der Waals surface area contributed by atoms with Crippen molar-refractivity contribution in [2.45, 2.75) is 38.8 Å². The number of carboxylic acid groups (broad SMARTS) is 1. The van der Waals surface area contributed by atoms with Crippen molar-refractivity contribution >= 4 is 5.97 Å². The van der Waals surface area contributed by atoms with Gasteiger partial charge in [-0.15, -0.1) is 0 Å². The van der Waals surface area contributed by atoms with Crippen LogP contribution in [-0.4, -0.2) is 55.8 Å². The molecule has 2 aliphatic heterocycles. The molecule has 8 heteroatoms. The van der Waals surface area contributed by atoms with Crippen molar-refractivity contribution in [3.05, 3.63) is 45.7 Å². The molecule has 2 aliphatic rings. The zero-order valence-corrected chi connectivity index (χ0v) is 18.8. The highest BCUT2D eigenvalue weighted by Crippen LogP contribution is 2.46. The maximum atomic E-state index is 12.6. The summed E-state index contributed by atoms with van der Waals surface area (Å²) in [5.74, 6) is -0.0333. The molecule has 0 amide bonds. The highest BCUT2D eigenvalue weighted by molar-refractivity contribution is 5.88. The number of rotatable bonds is 7. The molecule has 0 spiro atoms. The number of hydrogen-bond donors (Lipinski definition) is 1. The van der Waals surface area contributed by atoms with Gasteiger partial charge in [0.15, 0.2) is 16.9 Å². The van der Waals surface area contributed by atoms with Crippen molar-refractivity contribution in [1.82, 2.24) is 4.57 Å². The van der Waals surface area contributed by atoms with Crippen LogP contribution in [0.3, 0.4) is 0 Å². The van der Waals surface area contributed by atoms with Crippen LogP contribution in [0.15, 0.2) is 29.2 Å². The highest BCUT2D eigenvalue weighted by Gasteiger charge is 2.37. The third-order valence-electron chi connectivity index (χ3n) is 6.32. The molecule has 1 fully saturated rings. The second kappa shape index (κ2) is 8.60. The summed E-state index contributed by atoms with van der Waals surface area (Å²) in [5, 5.41) is 9.52. The number of aromatic nitrogens is 1. The van der Waals surface area contributed by atoms with Crippen LogP contribution in [0.2, 0.25) is 0 Å². The average Bonchev–Trinajstić information content (AvgIpc) is 3.25. The molecule has 8 nitrogen and oxygen atoms in total. The summed E-state index contributed by atoms with van der Waals surface area (Å²) in [5.41, 5.74) is 1.40. The lowest BCUT2D eigenvalue weighted by atomic mass is 9.77. The number of carboxylic acids is 1. The first-order chi connectivity index (χ1) is 15.2. The number of benzene rings is 1. The van der Waals surface area contributed by atoms with E-state index in [4.69, 9.17) is 18.9 Å². The zero-order chi connectivity index (χ0) is 23.0. The van der Waals surface area contributed by atoms with Crippen LogP contribution >= 0.6 is 0 Å². The monoisotopic (exact) mass is 443 g/mol. The lowest BCUT2D eigenvalue weighted by Gasteiger charge is -2.40. The van der Waals surface area contributed by atoms with Crippen molar-refractivity contribution in [3.63, 3.8) is 0 Å². The zero-order valence-electron chi connectivity index (χ0n) is 18.8. The first-order valence-corrected chi connectivity index (χ1v) is 10.7. The molecule has 1 aromatic heterocycles. The van der Waals surface area contributed by atoms with Gasteiger partial charge in [-0.2, -0.15) is 0 Å². The van der Waals surface area contributed by atoms with Gasteiger partial charge in [0.25, 0.3) is 0 Å². The molecular formula is C24H29NO7. The first kappa shape index (κ1) is 22.4. The fraction of sp³-hybridized carbons (Fsp3) is 0.500. The number of ether oxygens (including phenoxy) is 4. The van der Waals surface area contributed by atoms with Crippen LogP contribution in [-0.2, 0) is 15.9 Å². The average molecular weight is 443 g/mol. The first-order valence-electron chi connectivity index (χ1n) is 10.7. The van der Waals surface area contributed by atoms with Crippen LogP contribution in [0.25, 0.3) is 11.3 Å². The molecule has 1 aromatic carbocycles. The van der Waals surface area contributed by atoms with Crippen molar-refractivity contribution in [2.75, 3.05) is 34.0 Å². The maximum Gasteiger partial charge on any atom is 0.341 e. The van der Waals surface area contributed by atoms with E-state index in [0.717, 1.165) is 17.5 Å². The Kier molecular flexibility index (Phi) is 6.01. The fourth-order valence-electron chi connectivity index (χ4n) is 4.66. The molecule has 0 unspecified atom stereocenters. The van der Waals surface area contributed by atoms with E-state index >= 15 is 0 Å². The molecule has 0 radical (unpaired) electrons. The molecule has 2 atom stereocenters. The van der Waals surface area contributed by atoms with Gasteiger partial charge in [-0.3, -0.25) is 4.79 Å². The summed E-state index contributed by atoms with van der Waals surface area (Å²) in [6, 6.07) is 5.12. The van der Waals surface area contributed by atoms with E-state index in [9.17, 15) is 14.7 Å². The predicted molar refractivity (Wildman–Crippen MR) is 118 cm³/mol. The van der Waals surface area contributed by atoms with Crippen LogP contribution in [0.5, 0.6) is 11.5 Å². The normalized spacial score (nSPS) is 19.9. The van der Waals surface area contributed by atoms with Crippen LogP contribution in [0, 0.1) is 5.41 Å². The summed E-state index contributed by atoms with van der Waals surface area (Å²) in [6.45, 7) is 5.84. The van der Waals surface area contributed by atoms with Crippen LogP contribution in [0.4, 0.5) is 0 Å². The summed E-state index contributed by atoms with van der Waals surface area (Å²) in [4.78, 5) is 24.2. The van der Waals surface area contributed by atoms with E-state index in [2.05, 4.69) is 13.8 Å². The van der Waals surface area contributed by atoms with Gasteiger partial charge in [-0.1, -0.05) is 13.8 Å². The quantitative estimate of drug-likeness (QED) is 0.702. The van der Waals surface area contributed by atoms with Gasteiger partial charge in [0.1, 0.15) is 11.7 Å². The summed E-state index contributed by atoms with van der Waals surface area (Å²) < 4.78 is 24.6. The van der Waals surface area contributed by atoms with E-state index in [-0.39, 0.29) is 23.1 Å². The number of pyridine rings is 1. The van der Waals surface area contributed by atoms with Crippen LogP contribution in [0.1, 0.15) is 42.2 Å². The Labute approximate surface area is 186 Å². The van der Waals surface area contributed by atoms with E-state index < -0.39 is 11.4 Å². The number of aromatic carboxylic acids is 1. The summed E-state index contributed by atoms with van der Waals surface area (Å²) in [6.07, 6.45) is 2.87. The number of carbonyl (C=O) groups is 1. The molecule has 3 heterocycles. The number of fused-ring (bicyclic) bond motifs is 3. The standard InChI is InChI=1S/C24H29NO7/c1-24(2,13-29-3)22-8-14-7-21(32-15-5-6-31-12-15)20(30-4)9-16(14)18-10-19(26)17(23(27)28)11-25(18)22/h7,9-11,15,22H,5-6,8,12-13H2,1-4H3,(H,27,28)/t15-,22+/m1/s1. The molecule has 0 saturated carbocycles. The molecule has 2 aromatic rings.